The molecule has 1 aromatic rings. The smallest absolute Gasteiger partial charge is 0.410 e. The van der Waals surface area contributed by atoms with E-state index in [4.69, 9.17) is 27.9 Å². The fourth-order valence-electron chi connectivity index (χ4n) is 4.27. The van der Waals surface area contributed by atoms with Crippen molar-refractivity contribution in [3.63, 3.8) is 0 Å². The standard InChI is InChI=1S/C22H31Cl2N3O3/c1-14-11-25(7-8-26(14)20(29)30-21(2,3)4)12-18(28)27-13-22(5,6)19-16(24)9-15(23)10-17(19)27/h9-10,14H,7-8,11-13H2,1-6H3/t14-/m1/s1. The van der Waals surface area contributed by atoms with Gasteiger partial charge in [-0.05, 0) is 39.8 Å². The summed E-state index contributed by atoms with van der Waals surface area (Å²) in [5.74, 6) is 0.0121. The number of hydrogen-bond acceptors (Lipinski definition) is 4. The molecule has 2 aliphatic heterocycles. The van der Waals surface area contributed by atoms with Crippen molar-refractivity contribution in [2.45, 2.75) is 58.6 Å². The van der Waals surface area contributed by atoms with Crippen molar-refractivity contribution in [3.05, 3.63) is 27.7 Å². The number of amides is 2. The van der Waals surface area contributed by atoms with Crippen LogP contribution >= 0.6 is 23.2 Å². The minimum absolute atomic E-state index is 0.0121. The lowest BCUT2D eigenvalue weighted by molar-refractivity contribution is -0.120. The van der Waals surface area contributed by atoms with Crippen LogP contribution in [0.1, 0.15) is 47.1 Å². The molecule has 0 aliphatic carbocycles. The maximum atomic E-state index is 13.2. The first-order valence-corrected chi connectivity index (χ1v) is 11.1. The zero-order valence-electron chi connectivity index (χ0n) is 18.6. The van der Waals surface area contributed by atoms with Crippen LogP contribution in [0.3, 0.4) is 0 Å². The summed E-state index contributed by atoms with van der Waals surface area (Å²) in [6.45, 7) is 14.3. The van der Waals surface area contributed by atoms with E-state index in [0.717, 1.165) is 11.3 Å². The molecule has 0 radical (unpaired) electrons. The largest absolute Gasteiger partial charge is 0.444 e. The lowest BCUT2D eigenvalue weighted by Crippen LogP contribution is -2.56. The predicted molar refractivity (Wildman–Crippen MR) is 121 cm³/mol. The summed E-state index contributed by atoms with van der Waals surface area (Å²) >= 11 is 12.7. The summed E-state index contributed by atoms with van der Waals surface area (Å²) in [5.41, 5.74) is 0.991. The van der Waals surface area contributed by atoms with E-state index in [-0.39, 0.29) is 30.0 Å². The number of ether oxygens (including phenoxy) is 1. The highest BCUT2D eigenvalue weighted by Gasteiger charge is 2.41. The fourth-order valence-corrected chi connectivity index (χ4v) is 5.01. The Morgan fingerprint density at radius 1 is 1.20 bits per heavy atom. The molecule has 0 N–H and O–H groups in total. The number of piperazine rings is 1. The summed E-state index contributed by atoms with van der Waals surface area (Å²) < 4.78 is 5.50. The van der Waals surface area contributed by atoms with Crippen molar-refractivity contribution in [2.75, 3.05) is 37.6 Å². The molecule has 0 saturated carbocycles. The van der Waals surface area contributed by atoms with Crippen molar-refractivity contribution in [1.29, 1.82) is 0 Å². The Morgan fingerprint density at radius 3 is 2.47 bits per heavy atom. The minimum Gasteiger partial charge on any atom is -0.444 e. The molecular formula is C22H31Cl2N3O3. The monoisotopic (exact) mass is 455 g/mol. The molecule has 2 amide bonds. The van der Waals surface area contributed by atoms with Gasteiger partial charge in [0.1, 0.15) is 5.60 Å². The predicted octanol–water partition coefficient (Wildman–Crippen LogP) is 4.56. The number of halogens is 2. The topological polar surface area (TPSA) is 53.1 Å². The number of anilines is 1. The third-order valence-corrected chi connectivity index (χ3v) is 6.07. The Labute approximate surface area is 189 Å². The zero-order chi connectivity index (χ0) is 22.4. The van der Waals surface area contributed by atoms with E-state index in [1.54, 1.807) is 15.9 Å². The Bertz CT molecular complexity index is 851. The first-order chi connectivity index (χ1) is 13.8. The molecule has 3 rings (SSSR count). The first-order valence-electron chi connectivity index (χ1n) is 10.3. The van der Waals surface area contributed by atoms with E-state index in [2.05, 4.69) is 18.7 Å². The van der Waals surface area contributed by atoms with Crippen LogP contribution in [0.4, 0.5) is 10.5 Å². The van der Waals surface area contributed by atoms with Gasteiger partial charge in [0.2, 0.25) is 5.91 Å². The van der Waals surface area contributed by atoms with Gasteiger partial charge in [-0.15, -0.1) is 0 Å². The van der Waals surface area contributed by atoms with Crippen LogP contribution in [0.2, 0.25) is 10.0 Å². The molecule has 1 aromatic carbocycles. The Hall–Kier alpha value is -1.50. The molecule has 0 unspecified atom stereocenters. The van der Waals surface area contributed by atoms with E-state index in [1.165, 1.54) is 0 Å². The van der Waals surface area contributed by atoms with Crippen LogP contribution in [0.15, 0.2) is 12.1 Å². The van der Waals surface area contributed by atoms with Crippen LogP contribution in [-0.4, -0.2) is 66.2 Å². The summed E-state index contributed by atoms with van der Waals surface area (Å²) in [6, 6.07) is 3.51. The second kappa shape index (κ2) is 8.21. The van der Waals surface area contributed by atoms with E-state index in [0.29, 0.717) is 36.2 Å². The zero-order valence-corrected chi connectivity index (χ0v) is 20.1. The van der Waals surface area contributed by atoms with E-state index >= 15 is 0 Å². The Balaban J connectivity index is 1.67. The molecular weight excluding hydrogens is 425 g/mol. The summed E-state index contributed by atoms with van der Waals surface area (Å²) in [5, 5.41) is 1.12. The molecule has 8 heteroatoms. The highest BCUT2D eigenvalue weighted by atomic mass is 35.5. The van der Waals surface area contributed by atoms with Gasteiger partial charge in [-0.3, -0.25) is 9.69 Å². The van der Waals surface area contributed by atoms with E-state index in [1.807, 2.05) is 33.8 Å². The van der Waals surface area contributed by atoms with E-state index in [9.17, 15) is 9.59 Å². The molecule has 166 valence electrons. The van der Waals surface area contributed by atoms with Gasteiger partial charge < -0.3 is 14.5 Å². The quantitative estimate of drug-likeness (QED) is 0.655. The molecule has 0 spiro atoms. The molecule has 1 fully saturated rings. The molecule has 1 atom stereocenters. The molecule has 0 bridgehead atoms. The molecule has 6 nitrogen and oxygen atoms in total. The number of fused-ring (bicyclic) bond motifs is 1. The van der Waals surface area contributed by atoms with Gasteiger partial charge in [0.05, 0.1) is 12.2 Å². The van der Waals surface area contributed by atoms with Crippen molar-refractivity contribution in [2.24, 2.45) is 0 Å². The van der Waals surface area contributed by atoms with Crippen molar-refractivity contribution >= 4 is 40.9 Å². The number of hydrogen-bond donors (Lipinski definition) is 0. The van der Waals surface area contributed by atoms with Gasteiger partial charge >= 0.3 is 6.09 Å². The van der Waals surface area contributed by atoms with Gasteiger partial charge in [-0.25, -0.2) is 4.79 Å². The molecule has 2 heterocycles. The number of carbonyl (C=O) groups is 2. The third-order valence-electron chi connectivity index (χ3n) is 5.55. The van der Waals surface area contributed by atoms with Crippen LogP contribution in [0.25, 0.3) is 0 Å². The first kappa shape index (κ1) is 23.2. The number of benzene rings is 1. The maximum Gasteiger partial charge on any atom is 0.410 e. The minimum atomic E-state index is -0.525. The average molecular weight is 456 g/mol. The highest BCUT2D eigenvalue weighted by molar-refractivity contribution is 6.36. The molecule has 1 saturated heterocycles. The lowest BCUT2D eigenvalue weighted by atomic mass is 9.87. The number of nitrogens with zero attached hydrogens (tertiary/aromatic N) is 3. The van der Waals surface area contributed by atoms with Crippen LogP contribution in [0.5, 0.6) is 0 Å². The van der Waals surface area contributed by atoms with Gasteiger partial charge in [0.15, 0.2) is 0 Å². The lowest BCUT2D eigenvalue weighted by Gasteiger charge is -2.40. The molecule has 30 heavy (non-hydrogen) atoms. The van der Waals surface area contributed by atoms with Crippen molar-refractivity contribution in [3.8, 4) is 0 Å². The molecule has 2 aliphatic rings. The van der Waals surface area contributed by atoms with Gasteiger partial charge in [0, 0.05) is 53.2 Å². The van der Waals surface area contributed by atoms with Crippen LogP contribution in [0, 0.1) is 0 Å². The fraction of sp³-hybridized carbons (Fsp3) is 0.636. The van der Waals surface area contributed by atoms with Crippen molar-refractivity contribution in [1.82, 2.24) is 9.80 Å². The third kappa shape index (κ3) is 4.87. The van der Waals surface area contributed by atoms with Gasteiger partial charge in [-0.2, -0.15) is 0 Å². The van der Waals surface area contributed by atoms with Gasteiger partial charge in [0.25, 0.3) is 0 Å². The second-order valence-corrected chi connectivity index (χ2v) is 10.7. The summed E-state index contributed by atoms with van der Waals surface area (Å²) in [7, 11) is 0. The van der Waals surface area contributed by atoms with E-state index < -0.39 is 5.60 Å². The summed E-state index contributed by atoms with van der Waals surface area (Å²) in [6.07, 6.45) is -0.305. The summed E-state index contributed by atoms with van der Waals surface area (Å²) in [4.78, 5) is 31.2. The van der Waals surface area contributed by atoms with Crippen LogP contribution in [-0.2, 0) is 14.9 Å². The normalized spacial score (nSPS) is 21.5. The SMILES string of the molecule is C[C@@H]1CN(CC(=O)N2CC(C)(C)c3c(Cl)cc(Cl)cc32)CCN1C(=O)OC(C)(C)C. The Kier molecular flexibility index (Phi) is 6.34. The van der Waals surface area contributed by atoms with Crippen molar-refractivity contribution < 1.29 is 14.3 Å². The number of carbonyl (C=O) groups excluding carboxylic acids is 2. The Morgan fingerprint density at radius 2 is 1.87 bits per heavy atom. The van der Waals surface area contributed by atoms with Crippen LogP contribution < -0.4 is 4.90 Å². The average Bonchev–Trinajstić information content (AvgIpc) is 2.84. The maximum absolute atomic E-state index is 13.2. The molecule has 0 aromatic heterocycles. The van der Waals surface area contributed by atoms with Gasteiger partial charge in [-0.1, -0.05) is 37.0 Å². The number of rotatable bonds is 2. The highest BCUT2D eigenvalue weighted by Crippen LogP contribution is 2.46. The second-order valence-electron chi connectivity index (χ2n) is 9.90.